The topological polar surface area (TPSA) is 9.23 Å². The van der Waals surface area contributed by atoms with Gasteiger partial charge in [-0.05, 0) is 56.8 Å². The Morgan fingerprint density at radius 2 is 2.25 bits per heavy atom. The summed E-state index contributed by atoms with van der Waals surface area (Å²) in [6, 6.07) is 0. The number of halogens is 1. The molecule has 1 saturated heterocycles. The van der Waals surface area contributed by atoms with Gasteiger partial charge in [0.1, 0.15) is 5.01 Å². The summed E-state index contributed by atoms with van der Waals surface area (Å²) in [6.45, 7) is 3.32. The van der Waals surface area contributed by atoms with Crippen LogP contribution in [-0.2, 0) is 4.74 Å². The largest absolute Gasteiger partial charge is 0.367 e. The fraction of sp³-hybridized carbons (Fsp3) is 0.857. The Kier molecular flexibility index (Phi) is 4.90. The summed E-state index contributed by atoms with van der Waals surface area (Å²) < 4.78 is 5.64. The van der Waals surface area contributed by atoms with Crippen molar-refractivity contribution in [2.45, 2.75) is 56.9 Å². The van der Waals surface area contributed by atoms with Gasteiger partial charge in [-0.1, -0.05) is 34.5 Å². The number of hydrogen-bond donors (Lipinski definition) is 0. The van der Waals surface area contributed by atoms with Crippen LogP contribution in [0.15, 0.2) is 11.6 Å². The van der Waals surface area contributed by atoms with Crippen molar-refractivity contribution in [2.24, 2.45) is 11.8 Å². The van der Waals surface area contributed by atoms with Crippen LogP contribution >= 0.6 is 15.9 Å². The lowest BCUT2D eigenvalue weighted by Gasteiger charge is -2.26. The van der Waals surface area contributed by atoms with E-state index in [4.69, 9.17) is 4.74 Å². The number of allylic oxidation sites excluding steroid dienone is 2. The third-order valence-corrected chi connectivity index (χ3v) is 4.68. The van der Waals surface area contributed by atoms with Crippen LogP contribution < -0.4 is 0 Å². The van der Waals surface area contributed by atoms with Crippen LogP contribution in [0.3, 0.4) is 0 Å². The van der Waals surface area contributed by atoms with Crippen LogP contribution in [0.2, 0.25) is 0 Å². The molecule has 3 atom stereocenters. The van der Waals surface area contributed by atoms with Gasteiger partial charge >= 0.3 is 0 Å². The lowest BCUT2D eigenvalue weighted by atomic mass is 9.86. The molecule has 0 N–H and O–H groups in total. The van der Waals surface area contributed by atoms with Crippen LogP contribution in [0.1, 0.15) is 51.9 Å². The molecule has 2 heteroatoms. The molecule has 2 aliphatic rings. The summed E-state index contributed by atoms with van der Waals surface area (Å²) in [5.74, 6) is 1.71. The average Bonchev–Trinajstić information content (AvgIpc) is 2.30. The maximum atomic E-state index is 5.64. The van der Waals surface area contributed by atoms with Crippen molar-refractivity contribution in [3.05, 3.63) is 11.6 Å². The van der Waals surface area contributed by atoms with Crippen molar-refractivity contribution in [1.29, 1.82) is 0 Å². The van der Waals surface area contributed by atoms with E-state index in [1.54, 1.807) is 5.57 Å². The first-order chi connectivity index (χ1) is 7.74. The molecular formula is C14H23BrO. The van der Waals surface area contributed by atoms with Crippen LogP contribution in [-0.4, -0.2) is 11.6 Å². The van der Waals surface area contributed by atoms with Crippen molar-refractivity contribution in [3.63, 3.8) is 0 Å². The Balaban J connectivity index is 1.67. The molecule has 1 aliphatic heterocycles. The van der Waals surface area contributed by atoms with Gasteiger partial charge < -0.3 is 4.74 Å². The van der Waals surface area contributed by atoms with Crippen molar-refractivity contribution in [1.82, 2.24) is 0 Å². The highest BCUT2D eigenvalue weighted by atomic mass is 79.9. The minimum atomic E-state index is 0.318. The molecule has 0 spiro atoms. The molecule has 0 aromatic carbocycles. The summed E-state index contributed by atoms with van der Waals surface area (Å²) >= 11 is 3.52. The number of hydrogen-bond acceptors (Lipinski definition) is 1. The molecule has 92 valence electrons. The van der Waals surface area contributed by atoms with E-state index in [2.05, 4.69) is 28.9 Å². The fourth-order valence-electron chi connectivity index (χ4n) is 2.64. The molecular weight excluding hydrogens is 264 g/mol. The van der Waals surface area contributed by atoms with E-state index in [1.807, 2.05) is 0 Å². The Morgan fingerprint density at radius 1 is 1.38 bits per heavy atom. The van der Waals surface area contributed by atoms with E-state index >= 15 is 0 Å². The molecule has 16 heavy (non-hydrogen) atoms. The lowest BCUT2D eigenvalue weighted by molar-refractivity contribution is 0.0348. The van der Waals surface area contributed by atoms with Crippen molar-refractivity contribution in [2.75, 3.05) is 6.61 Å². The average molecular weight is 287 g/mol. The highest BCUT2D eigenvalue weighted by Gasteiger charge is 2.20. The lowest BCUT2D eigenvalue weighted by Crippen LogP contribution is -2.21. The van der Waals surface area contributed by atoms with Crippen LogP contribution in [0, 0.1) is 11.8 Å². The maximum Gasteiger partial charge on any atom is 0.112 e. The van der Waals surface area contributed by atoms with Gasteiger partial charge in [-0.25, -0.2) is 0 Å². The summed E-state index contributed by atoms with van der Waals surface area (Å²) in [5, 5.41) is 0.318. The Morgan fingerprint density at radius 3 is 2.88 bits per heavy atom. The first-order valence-electron chi connectivity index (χ1n) is 6.67. The second-order valence-corrected chi connectivity index (χ2v) is 6.49. The second kappa shape index (κ2) is 6.20. The molecule has 2 rings (SSSR count). The zero-order chi connectivity index (χ0) is 11.4. The maximum absolute atomic E-state index is 5.64. The van der Waals surface area contributed by atoms with Gasteiger partial charge in [-0.2, -0.15) is 0 Å². The van der Waals surface area contributed by atoms with Gasteiger partial charge in [0.25, 0.3) is 0 Å². The smallest absolute Gasteiger partial charge is 0.112 e. The first kappa shape index (κ1) is 12.6. The molecule has 0 amide bonds. The molecule has 3 unspecified atom stereocenters. The van der Waals surface area contributed by atoms with E-state index in [-0.39, 0.29) is 0 Å². The Labute approximate surface area is 108 Å². The molecule has 0 bridgehead atoms. The third kappa shape index (κ3) is 3.89. The second-order valence-electron chi connectivity index (χ2n) is 5.47. The Bertz CT molecular complexity index is 241. The molecule has 0 aromatic rings. The predicted molar refractivity (Wildman–Crippen MR) is 71.7 cm³/mol. The number of ether oxygens (including phenoxy) is 1. The SMILES string of the molecule is CC1CC=C(CCC2CCC(Br)OC2)CC1. The standard InChI is InChI=1S/C14H23BrO/c1-11-2-4-12(5-3-11)6-7-13-8-9-14(15)16-10-13/h4,11,13-14H,2-3,5-10H2,1H3. The van der Waals surface area contributed by atoms with Crippen molar-refractivity contribution >= 4 is 15.9 Å². The van der Waals surface area contributed by atoms with Crippen LogP contribution in [0.25, 0.3) is 0 Å². The van der Waals surface area contributed by atoms with E-state index in [0.717, 1.165) is 18.4 Å². The predicted octanol–water partition coefficient (Wildman–Crippen LogP) is 4.66. The zero-order valence-electron chi connectivity index (χ0n) is 10.3. The van der Waals surface area contributed by atoms with E-state index < -0.39 is 0 Å². The molecule has 0 aromatic heterocycles. The summed E-state index contributed by atoms with van der Waals surface area (Å²) in [7, 11) is 0. The molecule has 1 aliphatic carbocycles. The monoisotopic (exact) mass is 286 g/mol. The first-order valence-corrected chi connectivity index (χ1v) is 7.59. The fourth-order valence-corrected chi connectivity index (χ4v) is 3.05. The van der Waals surface area contributed by atoms with E-state index in [9.17, 15) is 0 Å². The minimum absolute atomic E-state index is 0.318. The highest BCUT2D eigenvalue weighted by Crippen LogP contribution is 2.30. The van der Waals surface area contributed by atoms with Gasteiger partial charge in [-0.3, -0.25) is 0 Å². The molecule has 0 saturated carbocycles. The van der Waals surface area contributed by atoms with Crippen LogP contribution in [0.4, 0.5) is 0 Å². The summed E-state index contributed by atoms with van der Waals surface area (Å²) in [6.07, 6.45) is 11.7. The minimum Gasteiger partial charge on any atom is -0.367 e. The van der Waals surface area contributed by atoms with Crippen LogP contribution in [0.5, 0.6) is 0 Å². The highest BCUT2D eigenvalue weighted by molar-refractivity contribution is 9.09. The van der Waals surface area contributed by atoms with Gasteiger partial charge in [0.15, 0.2) is 0 Å². The summed E-state index contributed by atoms with van der Waals surface area (Å²) in [5.41, 5.74) is 1.71. The number of alkyl halides is 1. The summed E-state index contributed by atoms with van der Waals surface area (Å²) in [4.78, 5) is 0. The Hall–Kier alpha value is 0.180. The molecule has 1 heterocycles. The molecule has 0 radical (unpaired) electrons. The third-order valence-electron chi connectivity index (χ3n) is 3.96. The number of rotatable bonds is 3. The molecule has 1 nitrogen and oxygen atoms in total. The van der Waals surface area contributed by atoms with Crippen molar-refractivity contribution < 1.29 is 4.74 Å². The quantitative estimate of drug-likeness (QED) is 0.542. The van der Waals surface area contributed by atoms with E-state index in [1.165, 1.54) is 44.9 Å². The van der Waals surface area contributed by atoms with Gasteiger partial charge in [0.2, 0.25) is 0 Å². The van der Waals surface area contributed by atoms with Gasteiger partial charge in [-0.15, -0.1) is 0 Å². The van der Waals surface area contributed by atoms with Gasteiger partial charge in [0, 0.05) is 0 Å². The molecule has 1 fully saturated rings. The van der Waals surface area contributed by atoms with Crippen molar-refractivity contribution in [3.8, 4) is 0 Å². The van der Waals surface area contributed by atoms with Gasteiger partial charge in [0.05, 0.1) is 6.61 Å². The van der Waals surface area contributed by atoms with E-state index in [0.29, 0.717) is 5.01 Å². The normalized spacial score (nSPS) is 35.9. The zero-order valence-corrected chi connectivity index (χ0v) is 11.8.